The Balaban J connectivity index is 1.46. The number of hydrogen-bond donors (Lipinski definition) is 0. The van der Waals surface area contributed by atoms with Gasteiger partial charge in [0.2, 0.25) is 10.0 Å². The molecular weight excluding hydrogens is 517 g/mol. The second-order valence-corrected chi connectivity index (χ2v) is 11.2. The van der Waals surface area contributed by atoms with Crippen molar-refractivity contribution in [1.82, 2.24) is 9.21 Å². The largest absolute Gasteiger partial charge is 0.497 e. The summed E-state index contributed by atoms with van der Waals surface area (Å²) in [7, 11) is -2.70. The van der Waals surface area contributed by atoms with Gasteiger partial charge in [-0.2, -0.15) is 17.5 Å². The van der Waals surface area contributed by atoms with Crippen LogP contribution in [0, 0.1) is 6.92 Å². The first-order valence-corrected chi connectivity index (χ1v) is 13.7. The van der Waals surface area contributed by atoms with Crippen molar-refractivity contribution >= 4 is 10.0 Å². The molecule has 0 N–H and O–H groups in total. The molecule has 1 fully saturated rings. The van der Waals surface area contributed by atoms with E-state index in [1.807, 2.05) is 55.5 Å². The quantitative estimate of drug-likeness (QED) is 0.364. The fourth-order valence-corrected chi connectivity index (χ4v) is 6.06. The lowest BCUT2D eigenvalue weighted by molar-refractivity contribution is -0.139. The predicted molar refractivity (Wildman–Crippen MR) is 138 cm³/mol. The van der Waals surface area contributed by atoms with Gasteiger partial charge in [-0.3, -0.25) is 4.90 Å². The zero-order valence-corrected chi connectivity index (χ0v) is 22.1. The van der Waals surface area contributed by atoms with Gasteiger partial charge in [0.25, 0.3) is 0 Å². The fourth-order valence-electron chi connectivity index (χ4n) is 4.43. The van der Waals surface area contributed by atoms with Crippen LogP contribution in [0.5, 0.6) is 5.75 Å². The molecule has 0 aromatic heterocycles. The number of benzene rings is 3. The maximum absolute atomic E-state index is 13.5. The summed E-state index contributed by atoms with van der Waals surface area (Å²) in [5, 5.41) is 0. The van der Waals surface area contributed by atoms with Crippen molar-refractivity contribution in [3.05, 3.63) is 95.1 Å². The molecule has 6 nitrogen and oxygen atoms in total. The van der Waals surface area contributed by atoms with E-state index in [1.54, 1.807) is 7.11 Å². The van der Waals surface area contributed by atoms with E-state index in [9.17, 15) is 21.6 Å². The first kappa shape index (κ1) is 28.1. The molecule has 0 aliphatic carbocycles. The Labute approximate surface area is 221 Å². The average Bonchev–Trinajstić information content (AvgIpc) is 2.91. The SMILES string of the molecule is COc1cccc([C@@H](CN2CCN(S(=O)(=O)c3ccccc3C(F)(F)F)CC2)OCc2ccc(C)cc2)c1. The van der Waals surface area contributed by atoms with Gasteiger partial charge in [-0.25, -0.2) is 8.42 Å². The number of hydrogen-bond acceptors (Lipinski definition) is 5. The van der Waals surface area contributed by atoms with Gasteiger partial charge in [-0.1, -0.05) is 54.1 Å². The summed E-state index contributed by atoms with van der Waals surface area (Å²) in [6.07, 6.45) is -5.08. The van der Waals surface area contributed by atoms with Crippen LogP contribution in [0.4, 0.5) is 13.2 Å². The molecule has 38 heavy (non-hydrogen) atoms. The molecule has 1 saturated heterocycles. The molecule has 0 amide bonds. The van der Waals surface area contributed by atoms with E-state index >= 15 is 0 Å². The molecule has 204 valence electrons. The van der Waals surface area contributed by atoms with Crippen LogP contribution in [-0.2, 0) is 27.5 Å². The highest BCUT2D eigenvalue weighted by Gasteiger charge is 2.39. The Kier molecular flexibility index (Phi) is 8.77. The van der Waals surface area contributed by atoms with Crippen LogP contribution < -0.4 is 4.74 Å². The number of aryl methyl sites for hydroxylation is 1. The summed E-state index contributed by atoms with van der Waals surface area (Å²) in [4.78, 5) is 1.36. The van der Waals surface area contributed by atoms with Gasteiger partial charge in [0.1, 0.15) is 5.75 Å². The molecule has 3 aromatic rings. The van der Waals surface area contributed by atoms with Crippen molar-refractivity contribution in [2.45, 2.75) is 30.7 Å². The zero-order valence-electron chi connectivity index (χ0n) is 21.3. The molecule has 3 aromatic carbocycles. The van der Waals surface area contributed by atoms with Crippen LogP contribution in [-0.4, -0.2) is 57.5 Å². The third-order valence-corrected chi connectivity index (χ3v) is 8.56. The van der Waals surface area contributed by atoms with Crippen LogP contribution in [0.15, 0.2) is 77.7 Å². The van der Waals surface area contributed by atoms with Gasteiger partial charge in [0.15, 0.2) is 0 Å². The van der Waals surface area contributed by atoms with E-state index in [0.29, 0.717) is 32.0 Å². The van der Waals surface area contributed by atoms with Gasteiger partial charge >= 0.3 is 6.18 Å². The van der Waals surface area contributed by atoms with Crippen LogP contribution in [0.3, 0.4) is 0 Å². The molecule has 1 aliphatic rings. The topological polar surface area (TPSA) is 59.1 Å². The van der Waals surface area contributed by atoms with E-state index in [1.165, 1.54) is 12.1 Å². The third-order valence-electron chi connectivity index (χ3n) is 6.60. The summed E-state index contributed by atoms with van der Waals surface area (Å²) >= 11 is 0. The van der Waals surface area contributed by atoms with E-state index < -0.39 is 26.7 Å². The predicted octanol–water partition coefficient (Wildman–Crippen LogP) is 5.29. The molecule has 4 rings (SSSR count). The average molecular weight is 549 g/mol. The summed E-state index contributed by atoms with van der Waals surface area (Å²) in [5.74, 6) is 0.700. The normalized spacial score (nSPS) is 16.3. The molecule has 10 heteroatoms. The summed E-state index contributed by atoms with van der Waals surface area (Å²) in [6.45, 7) is 3.79. The van der Waals surface area contributed by atoms with Gasteiger partial charge < -0.3 is 9.47 Å². The van der Waals surface area contributed by atoms with Crippen molar-refractivity contribution in [3.8, 4) is 5.75 Å². The van der Waals surface area contributed by atoms with Crippen molar-refractivity contribution in [2.75, 3.05) is 39.8 Å². The highest BCUT2D eigenvalue weighted by atomic mass is 32.2. The number of piperazine rings is 1. The van der Waals surface area contributed by atoms with E-state index in [4.69, 9.17) is 9.47 Å². The van der Waals surface area contributed by atoms with Crippen molar-refractivity contribution in [3.63, 3.8) is 0 Å². The Bertz CT molecular complexity index is 1320. The molecule has 1 heterocycles. The smallest absolute Gasteiger partial charge is 0.417 e. The lowest BCUT2D eigenvalue weighted by Gasteiger charge is -2.36. The van der Waals surface area contributed by atoms with E-state index in [0.717, 1.165) is 33.1 Å². The van der Waals surface area contributed by atoms with Gasteiger partial charge in [0, 0.05) is 32.7 Å². The summed E-state index contributed by atoms with van der Waals surface area (Å²) in [6, 6.07) is 20.0. The number of rotatable bonds is 9. The molecule has 0 unspecified atom stereocenters. The minimum absolute atomic E-state index is 0.0807. The Morgan fingerprint density at radius 1 is 0.921 bits per heavy atom. The van der Waals surface area contributed by atoms with Gasteiger partial charge in [-0.15, -0.1) is 0 Å². The number of ether oxygens (including phenoxy) is 2. The lowest BCUT2D eigenvalue weighted by atomic mass is 10.1. The van der Waals surface area contributed by atoms with Crippen molar-refractivity contribution in [1.29, 1.82) is 0 Å². The summed E-state index contributed by atoms with van der Waals surface area (Å²) in [5.41, 5.74) is 1.96. The standard InChI is InChI=1S/C28H31F3N2O4S/c1-21-10-12-22(13-11-21)20-37-26(23-6-5-7-24(18-23)36-2)19-32-14-16-33(17-15-32)38(34,35)27-9-4-3-8-25(27)28(29,30)31/h3-13,18,26H,14-17,19-20H2,1-2H3/t26-/m1/s1. The lowest BCUT2D eigenvalue weighted by Crippen LogP contribution is -2.49. The minimum atomic E-state index is -4.76. The molecule has 0 saturated carbocycles. The molecule has 1 atom stereocenters. The highest BCUT2D eigenvalue weighted by Crippen LogP contribution is 2.35. The molecule has 0 bridgehead atoms. The maximum atomic E-state index is 13.5. The number of methoxy groups -OCH3 is 1. The molecule has 0 radical (unpaired) electrons. The second-order valence-electron chi connectivity index (χ2n) is 9.26. The first-order valence-electron chi connectivity index (χ1n) is 12.3. The van der Waals surface area contributed by atoms with E-state index in [2.05, 4.69) is 4.90 Å². The number of nitrogens with zero attached hydrogens (tertiary/aromatic N) is 2. The maximum Gasteiger partial charge on any atom is 0.417 e. The fraction of sp³-hybridized carbons (Fsp3) is 0.357. The van der Waals surface area contributed by atoms with Crippen molar-refractivity contribution in [2.24, 2.45) is 0 Å². The van der Waals surface area contributed by atoms with Crippen molar-refractivity contribution < 1.29 is 31.1 Å². The highest BCUT2D eigenvalue weighted by molar-refractivity contribution is 7.89. The monoisotopic (exact) mass is 548 g/mol. The Hall–Kier alpha value is -2.92. The molecule has 1 aliphatic heterocycles. The number of halogens is 3. The van der Waals surface area contributed by atoms with Crippen LogP contribution in [0.1, 0.15) is 28.4 Å². The zero-order chi connectivity index (χ0) is 27.3. The number of alkyl halides is 3. The van der Waals surface area contributed by atoms with Gasteiger partial charge in [0.05, 0.1) is 30.3 Å². The number of sulfonamides is 1. The molecular formula is C28H31F3N2O4S. The summed E-state index contributed by atoms with van der Waals surface area (Å²) < 4.78 is 79.5. The minimum Gasteiger partial charge on any atom is -0.497 e. The van der Waals surface area contributed by atoms with Crippen LogP contribution >= 0.6 is 0 Å². The Morgan fingerprint density at radius 3 is 2.26 bits per heavy atom. The second kappa shape index (κ2) is 11.9. The third kappa shape index (κ3) is 6.74. The molecule has 0 spiro atoms. The van der Waals surface area contributed by atoms with E-state index in [-0.39, 0.29) is 19.2 Å². The van der Waals surface area contributed by atoms with Crippen LogP contribution in [0.25, 0.3) is 0 Å². The van der Waals surface area contributed by atoms with Crippen LogP contribution in [0.2, 0.25) is 0 Å². The van der Waals surface area contributed by atoms with Gasteiger partial charge in [-0.05, 0) is 42.3 Å². The first-order chi connectivity index (χ1) is 18.1. The Morgan fingerprint density at radius 2 is 1.61 bits per heavy atom.